The molecular weight excluding hydrogens is 466 g/mol. The Kier molecular flexibility index (Phi) is 10.4. The zero-order valence-corrected chi connectivity index (χ0v) is 21.0. The monoisotopic (exact) mass is 501 g/mol. The van der Waals surface area contributed by atoms with E-state index < -0.39 is 23.9 Å². The normalized spacial score (nSPS) is 12.5. The van der Waals surface area contributed by atoms with Gasteiger partial charge in [-0.15, -0.1) is 0 Å². The Labute approximate surface area is 217 Å². The van der Waals surface area contributed by atoms with Crippen molar-refractivity contribution in [2.75, 3.05) is 13.6 Å². The van der Waals surface area contributed by atoms with E-state index in [9.17, 15) is 14.4 Å². The number of hydrogen-bond acceptors (Lipinski definition) is 5. The van der Waals surface area contributed by atoms with Crippen molar-refractivity contribution < 1.29 is 14.4 Å². The number of nitrogens with two attached hydrogens (primary N) is 2. The van der Waals surface area contributed by atoms with Crippen molar-refractivity contribution in [3.8, 4) is 0 Å². The molecule has 8 nitrogen and oxygen atoms in total. The molecule has 194 valence electrons. The number of benzene rings is 3. The summed E-state index contributed by atoms with van der Waals surface area (Å²) in [5.41, 5.74) is 14.2. The van der Waals surface area contributed by atoms with E-state index in [1.54, 1.807) is 24.3 Å². The third kappa shape index (κ3) is 7.99. The van der Waals surface area contributed by atoms with Crippen LogP contribution in [0.1, 0.15) is 47.1 Å². The van der Waals surface area contributed by atoms with Gasteiger partial charge in [0, 0.05) is 6.54 Å². The van der Waals surface area contributed by atoms with Gasteiger partial charge in [-0.3, -0.25) is 14.4 Å². The van der Waals surface area contributed by atoms with Crippen LogP contribution in [0.3, 0.4) is 0 Å². The van der Waals surface area contributed by atoms with E-state index in [1.807, 2.05) is 67.7 Å². The molecule has 0 aromatic heterocycles. The number of nitrogens with one attached hydrogen (secondary N) is 3. The first kappa shape index (κ1) is 27.6. The molecule has 0 saturated heterocycles. The lowest BCUT2D eigenvalue weighted by Gasteiger charge is -2.23. The van der Waals surface area contributed by atoms with Gasteiger partial charge in [0.15, 0.2) is 0 Å². The molecular formula is C29H35N5O3. The van der Waals surface area contributed by atoms with Crippen LogP contribution < -0.4 is 27.4 Å². The van der Waals surface area contributed by atoms with Gasteiger partial charge < -0.3 is 27.4 Å². The highest BCUT2D eigenvalue weighted by Gasteiger charge is 2.27. The Balaban J connectivity index is 1.72. The number of carbonyl (C=O) groups excluding carboxylic acids is 3. The fourth-order valence-electron chi connectivity index (χ4n) is 4.11. The van der Waals surface area contributed by atoms with Gasteiger partial charge in [-0.25, -0.2) is 0 Å². The summed E-state index contributed by atoms with van der Waals surface area (Å²) in [6.45, 7) is 0.992. The summed E-state index contributed by atoms with van der Waals surface area (Å²) in [6.07, 6.45) is 1.21. The summed E-state index contributed by atoms with van der Waals surface area (Å²) in [6, 6.07) is 24.5. The lowest BCUT2D eigenvalue weighted by molar-refractivity contribution is -0.129. The van der Waals surface area contributed by atoms with Crippen LogP contribution in [-0.4, -0.2) is 37.4 Å². The Morgan fingerprint density at radius 2 is 1.35 bits per heavy atom. The van der Waals surface area contributed by atoms with Gasteiger partial charge in [-0.1, -0.05) is 84.9 Å². The van der Waals surface area contributed by atoms with Crippen LogP contribution in [0.2, 0.25) is 0 Å². The molecule has 0 saturated carbocycles. The fourth-order valence-corrected chi connectivity index (χ4v) is 4.11. The Hall–Kier alpha value is -4.01. The van der Waals surface area contributed by atoms with Gasteiger partial charge in [-0.05, 0) is 48.7 Å². The highest BCUT2D eigenvalue weighted by molar-refractivity contribution is 5.92. The van der Waals surface area contributed by atoms with Crippen molar-refractivity contribution in [3.63, 3.8) is 0 Å². The molecule has 2 unspecified atom stereocenters. The topological polar surface area (TPSA) is 139 Å². The summed E-state index contributed by atoms with van der Waals surface area (Å²) >= 11 is 0. The first-order valence-corrected chi connectivity index (χ1v) is 12.4. The van der Waals surface area contributed by atoms with Crippen molar-refractivity contribution in [2.45, 2.75) is 37.4 Å². The molecule has 0 radical (unpaired) electrons. The third-order valence-electron chi connectivity index (χ3n) is 6.19. The largest absolute Gasteiger partial charge is 0.368 e. The first-order chi connectivity index (χ1) is 17.9. The van der Waals surface area contributed by atoms with Gasteiger partial charge in [0.1, 0.15) is 12.1 Å². The van der Waals surface area contributed by atoms with Gasteiger partial charge in [0.05, 0.1) is 5.92 Å². The maximum atomic E-state index is 13.6. The Morgan fingerprint density at radius 3 is 1.86 bits per heavy atom. The minimum Gasteiger partial charge on any atom is -0.368 e. The number of primary amides is 1. The lowest BCUT2D eigenvalue weighted by atomic mass is 9.90. The zero-order chi connectivity index (χ0) is 26.6. The molecule has 0 spiro atoms. The van der Waals surface area contributed by atoms with Crippen LogP contribution >= 0.6 is 0 Å². The van der Waals surface area contributed by atoms with E-state index in [0.717, 1.165) is 29.7 Å². The van der Waals surface area contributed by atoms with Crippen molar-refractivity contribution >= 4 is 17.7 Å². The summed E-state index contributed by atoms with van der Waals surface area (Å²) in [4.78, 5) is 38.0. The van der Waals surface area contributed by atoms with Crippen molar-refractivity contribution in [2.24, 2.45) is 11.5 Å². The Bertz CT molecular complexity index is 1110. The predicted octanol–water partition coefficient (Wildman–Crippen LogP) is 2.10. The number of rotatable bonds is 13. The zero-order valence-electron chi connectivity index (χ0n) is 21.0. The number of hydrogen-bond donors (Lipinski definition) is 5. The molecule has 0 aliphatic heterocycles. The average molecular weight is 502 g/mol. The summed E-state index contributed by atoms with van der Waals surface area (Å²) in [5.74, 6) is -1.64. The SMILES string of the molecule is CNCCCC(NC(=O)C(c1ccccc1)c1ccccc1)C(=O)NCc1ccc(C(N)C(N)=O)cc1. The number of carbonyl (C=O) groups is 3. The molecule has 0 aliphatic rings. The van der Waals surface area contributed by atoms with E-state index >= 15 is 0 Å². The number of amides is 3. The second-order valence-electron chi connectivity index (χ2n) is 8.90. The second-order valence-corrected chi connectivity index (χ2v) is 8.90. The van der Waals surface area contributed by atoms with Gasteiger partial charge in [0.2, 0.25) is 17.7 Å². The molecule has 3 aromatic rings. The molecule has 2 atom stereocenters. The molecule has 0 aliphatic carbocycles. The van der Waals surface area contributed by atoms with E-state index in [0.29, 0.717) is 12.0 Å². The molecule has 3 rings (SSSR count). The fraction of sp³-hybridized carbons (Fsp3) is 0.276. The summed E-state index contributed by atoms with van der Waals surface area (Å²) < 4.78 is 0. The minimum atomic E-state index is -0.877. The lowest BCUT2D eigenvalue weighted by Crippen LogP contribution is -2.48. The van der Waals surface area contributed by atoms with Crippen LogP contribution in [-0.2, 0) is 20.9 Å². The molecule has 0 bridgehead atoms. The quantitative estimate of drug-likeness (QED) is 0.228. The van der Waals surface area contributed by atoms with Crippen LogP contribution in [0.15, 0.2) is 84.9 Å². The first-order valence-electron chi connectivity index (χ1n) is 12.4. The second kappa shape index (κ2) is 13.9. The van der Waals surface area contributed by atoms with E-state index in [2.05, 4.69) is 16.0 Å². The highest BCUT2D eigenvalue weighted by Crippen LogP contribution is 2.25. The van der Waals surface area contributed by atoms with Crippen LogP contribution in [0.5, 0.6) is 0 Å². The van der Waals surface area contributed by atoms with Crippen molar-refractivity contribution in [3.05, 3.63) is 107 Å². The van der Waals surface area contributed by atoms with Crippen LogP contribution in [0, 0.1) is 0 Å². The van der Waals surface area contributed by atoms with Crippen molar-refractivity contribution in [1.29, 1.82) is 0 Å². The molecule has 3 aromatic carbocycles. The molecule has 3 amide bonds. The van der Waals surface area contributed by atoms with Gasteiger partial charge in [-0.2, -0.15) is 0 Å². The Morgan fingerprint density at radius 1 is 0.784 bits per heavy atom. The molecule has 0 fully saturated rings. The average Bonchev–Trinajstić information content (AvgIpc) is 2.92. The molecule has 0 heterocycles. The van der Waals surface area contributed by atoms with Crippen LogP contribution in [0.25, 0.3) is 0 Å². The van der Waals surface area contributed by atoms with Crippen LogP contribution in [0.4, 0.5) is 0 Å². The molecule has 37 heavy (non-hydrogen) atoms. The van der Waals surface area contributed by atoms with Gasteiger partial charge >= 0.3 is 0 Å². The standard InChI is InChI=1S/C29H35N5O3/c1-32-18-8-13-24(28(36)33-19-20-14-16-23(17-15-20)26(30)27(31)35)34-29(37)25(21-9-4-2-5-10-21)22-11-6-3-7-12-22/h2-7,9-12,14-17,24-26,32H,8,13,18-19,30H2,1H3,(H2,31,35)(H,33,36)(H,34,37). The van der Waals surface area contributed by atoms with Gasteiger partial charge in [0.25, 0.3) is 0 Å². The third-order valence-corrected chi connectivity index (χ3v) is 6.19. The summed E-state index contributed by atoms with van der Waals surface area (Å²) in [7, 11) is 1.85. The predicted molar refractivity (Wildman–Crippen MR) is 144 cm³/mol. The summed E-state index contributed by atoms with van der Waals surface area (Å²) in [5, 5.41) is 9.01. The maximum absolute atomic E-state index is 13.6. The smallest absolute Gasteiger partial charge is 0.242 e. The highest BCUT2D eigenvalue weighted by atomic mass is 16.2. The van der Waals surface area contributed by atoms with E-state index in [1.165, 1.54) is 0 Å². The minimum absolute atomic E-state index is 0.230. The maximum Gasteiger partial charge on any atom is 0.242 e. The van der Waals surface area contributed by atoms with E-state index in [-0.39, 0.29) is 18.4 Å². The van der Waals surface area contributed by atoms with Crippen molar-refractivity contribution in [1.82, 2.24) is 16.0 Å². The molecule has 8 heteroatoms. The molecule has 7 N–H and O–H groups in total. The van der Waals surface area contributed by atoms with E-state index in [4.69, 9.17) is 11.5 Å².